The normalized spacial score (nSPS) is 17.9. The van der Waals surface area contributed by atoms with Crippen LogP contribution in [0.1, 0.15) is 30.9 Å². The lowest BCUT2D eigenvalue weighted by Crippen LogP contribution is -2.23. The zero-order valence-corrected chi connectivity index (χ0v) is 12.5. The number of nitrogens with zero attached hydrogens (tertiary/aromatic N) is 2. The van der Waals surface area contributed by atoms with E-state index in [-0.39, 0.29) is 11.9 Å². The molecule has 3 N–H and O–H groups in total. The van der Waals surface area contributed by atoms with E-state index >= 15 is 0 Å². The van der Waals surface area contributed by atoms with Crippen molar-refractivity contribution < 1.29 is 9.13 Å². The van der Waals surface area contributed by atoms with Crippen LogP contribution in [-0.2, 0) is 0 Å². The van der Waals surface area contributed by atoms with Gasteiger partial charge in [-0.3, -0.25) is 5.10 Å². The predicted molar refractivity (Wildman–Crippen MR) is 83.5 cm³/mol. The van der Waals surface area contributed by atoms with Crippen molar-refractivity contribution in [1.29, 1.82) is 0 Å². The van der Waals surface area contributed by atoms with Gasteiger partial charge in [-0.25, -0.2) is 4.39 Å². The van der Waals surface area contributed by atoms with Crippen LogP contribution in [0.2, 0.25) is 0 Å². The molecule has 0 radical (unpaired) electrons. The standard InChI is InChI=1S/C16H21FN4O/c17-12-4-5-15(22-10-2-7-18)13(11-12)14-3-1-9-21(14)16-6-8-19-20-16/h4-6,8,11,14H,1-3,7,9-10,18H2,(H,19,20)/t14-/m1/s1. The van der Waals surface area contributed by atoms with Gasteiger partial charge in [0.15, 0.2) is 0 Å². The summed E-state index contributed by atoms with van der Waals surface area (Å²) in [6, 6.07) is 6.77. The van der Waals surface area contributed by atoms with Crippen LogP contribution in [0, 0.1) is 5.82 Å². The molecule has 6 heteroatoms. The number of H-pyrrole nitrogens is 1. The lowest BCUT2D eigenvalue weighted by Gasteiger charge is -2.27. The lowest BCUT2D eigenvalue weighted by atomic mass is 10.0. The van der Waals surface area contributed by atoms with Crippen molar-refractivity contribution in [1.82, 2.24) is 10.2 Å². The maximum Gasteiger partial charge on any atom is 0.124 e. The molecule has 2 aromatic rings. The molecular formula is C16H21FN4O. The summed E-state index contributed by atoms with van der Waals surface area (Å²) < 4.78 is 19.6. The molecule has 0 spiro atoms. The highest BCUT2D eigenvalue weighted by molar-refractivity contribution is 5.47. The summed E-state index contributed by atoms with van der Waals surface area (Å²) in [5.74, 6) is 1.46. The van der Waals surface area contributed by atoms with Gasteiger partial charge < -0.3 is 15.4 Å². The smallest absolute Gasteiger partial charge is 0.124 e. The predicted octanol–water partition coefficient (Wildman–Crippen LogP) is 2.62. The Morgan fingerprint density at radius 1 is 1.41 bits per heavy atom. The molecule has 0 saturated carbocycles. The van der Waals surface area contributed by atoms with Crippen molar-refractivity contribution in [2.75, 3.05) is 24.6 Å². The number of hydrogen-bond acceptors (Lipinski definition) is 4. The van der Waals surface area contributed by atoms with Gasteiger partial charge in [0.05, 0.1) is 18.8 Å². The maximum absolute atomic E-state index is 13.7. The van der Waals surface area contributed by atoms with Crippen molar-refractivity contribution in [3.63, 3.8) is 0 Å². The molecule has 3 rings (SSSR count). The quantitative estimate of drug-likeness (QED) is 0.805. The van der Waals surface area contributed by atoms with Crippen LogP contribution in [0.15, 0.2) is 30.5 Å². The van der Waals surface area contributed by atoms with Gasteiger partial charge in [-0.05, 0) is 44.0 Å². The molecule has 0 bridgehead atoms. The Hall–Kier alpha value is -2.08. The van der Waals surface area contributed by atoms with E-state index in [2.05, 4.69) is 15.1 Å². The van der Waals surface area contributed by atoms with Crippen LogP contribution in [0.4, 0.5) is 10.2 Å². The first-order valence-electron chi connectivity index (χ1n) is 7.68. The number of rotatable bonds is 6. The molecule has 1 fully saturated rings. The number of halogens is 1. The summed E-state index contributed by atoms with van der Waals surface area (Å²) in [7, 11) is 0. The number of aromatic amines is 1. The fourth-order valence-electron chi connectivity index (χ4n) is 2.96. The molecule has 1 aliphatic rings. The Morgan fingerprint density at radius 3 is 3.09 bits per heavy atom. The number of hydrogen-bond donors (Lipinski definition) is 2. The monoisotopic (exact) mass is 304 g/mol. The third-order valence-electron chi connectivity index (χ3n) is 3.99. The van der Waals surface area contributed by atoms with Gasteiger partial charge >= 0.3 is 0 Å². The summed E-state index contributed by atoms with van der Waals surface area (Å²) in [4.78, 5) is 2.22. The van der Waals surface area contributed by atoms with Gasteiger partial charge in [0.2, 0.25) is 0 Å². The molecule has 0 aliphatic carbocycles. The van der Waals surface area contributed by atoms with Crippen LogP contribution >= 0.6 is 0 Å². The Morgan fingerprint density at radius 2 is 2.32 bits per heavy atom. The van der Waals surface area contributed by atoms with E-state index in [9.17, 15) is 4.39 Å². The van der Waals surface area contributed by atoms with Gasteiger partial charge in [-0.2, -0.15) is 5.10 Å². The highest BCUT2D eigenvalue weighted by Crippen LogP contribution is 2.39. The lowest BCUT2D eigenvalue weighted by molar-refractivity contribution is 0.307. The summed E-state index contributed by atoms with van der Waals surface area (Å²) in [6.07, 6.45) is 4.54. The van der Waals surface area contributed by atoms with Crippen LogP contribution < -0.4 is 15.4 Å². The average Bonchev–Trinajstić information content (AvgIpc) is 3.19. The fraction of sp³-hybridized carbons (Fsp3) is 0.438. The first-order valence-corrected chi connectivity index (χ1v) is 7.68. The van der Waals surface area contributed by atoms with E-state index in [4.69, 9.17) is 10.5 Å². The second kappa shape index (κ2) is 6.79. The fourth-order valence-corrected chi connectivity index (χ4v) is 2.96. The SMILES string of the molecule is NCCCOc1ccc(F)cc1[C@H]1CCCN1c1ccn[nH]1. The van der Waals surface area contributed by atoms with Gasteiger partial charge in [-0.1, -0.05) is 0 Å². The molecule has 2 heterocycles. The van der Waals surface area contributed by atoms with Gasteiger partial charge in [-0.15, -0.1) is 0 Å². The molecule has 22 heavy (non-hydrogen) atoms. The van der Waals surface area contributed by atoms with Crippen LogP contribution in [0.25, 0.3) is 0 Å². The van der Waals surface area contributed by atoms with Gasteiger partial charge in [0, 0.05) is 18.2 Å². The van der Waals surface area contributed by atoms with Crippen LogP contribution in [-0.4, -0.2) is 29.9 Å². The minimum Gasteiger partial charge on any atom is -0.493 e. The zero-order valence-electron chi connectivity index (χ0n) is 12.5. The van der Waals surface area contributed by atoms with Gasteiger partial charge in [0.25, 0.3) is 0 Å². The molecule has 0 unspecified atom stereocenters. The van der Waals surface area contributed by atoms with E-state index in [0.717, 1.165) is 42.9 Å². The van der Waals surface area contributed by atoms with Crippen LogP contribution in [0.5, 0.6) is 5.75 Å². The zero-order chi connectivity index (χ0) is 15.4. The average molecular weight is 304 g/mol. The topological polar surface area (TPSA) is 67.2 Å². The summed E-state index contributed by atoms with van der Waals surface area (Å²) in [5.41, 5.74) is 6.40. The summed E-state index contributed by atoms with van der Waals surface area (Å²) in [5, 5.41) is 7.00. The summed E-state index contributed by atoms with van der Waals surface area (Å²) in [6.45, 7) is 2.05. The maximum atomic E-state index is 13.7. The van der Waals surface area contributed by atoms with Crippen molar-refractivity contribution in [3.05, 3.63) is 41.8 Å². The van der Waals surface area contributed by atoms with E-state index in [1.165, 1.54) is 6.07 Å². The Kier molecular flexibility index (Phi) is 4.58. The van der Waals surface area contributed by atoms with E-state index < -0.39 is 0 Å². The molecule has 5 nitrogen and oxygen atoms in total. The highest BCUT2D eigenvalue weighted by Gasteiger charge is 2.29. The molecule has 1 aromatic heterocycles. The first-order chi connectivity index (χ1) is 10.8. The number of aromatic nitrogens is 2. The third-order valence-corrected chi connectivity index (χ3v) is 3.99. The molecule has 1 aliphatic heterocycles. The van der Waals surface area contributed by atoms with E-state index in [1.54, 1.807) is 18.3 Å². The molecule has 1 aromatic carbocycles. The molecule has 0 amide bonds. The van der Waals surface area contributed by atoms with Gasteiger partial charge in [0.1, 0.15) is 17.4 Å². The minimum absolute atomic E-state index is 0.101. The Labute approximate surface area is 129 Å². The summed E-state index contributed by atoms with van der Waals surface area (Å²) >= 11 is 0. The highest BCUT2D eigenvalue weighted by atomic mass is 19.1. The van der Waals surface area contributed by atoms with Crippen molar-refractivity contribution in [2.24, 2.45) is 5.73 Å². The van der Waals surface area contributed by atoms with Crippen LogP contribution in [0.3, 0.4) is 0 Å². The molecular weight excluding hydrogens is 283 g/mol. The first kappa shape index (κ1) is 14.8. The number of nitrogens with one attached hydrogen (secondary N) is 1. The number of anilines is 1. The third kappa shape index (κ3) is 3.06. The Balaban J connectivity index is 1.87. The van der Waals surface area contributed by atoms with Crippen molar-refractivity contribution >= 4 is 5.82 Å². The molecule has 1 saturated heterocycles. The van der Waals surface area contributed by atoms with Crippen molar-refractivity contribution in [3.8, 4) is 5.75 Å². The minimum atomic E-state index is -0.238. The molecule has 1 atom stereocenters. The van der Waals surface area contributed by atoms with E-state index in [1.807, 2.05) is 6.07 Å². The number of benzene rings is 1. The molecule has 118 valence electrons. The second-order valence-corrected chi connectivity index (χ2v) is 5.47. The number of nitrogens with two attached hydrogens (primary N) is 1. The largest absolute Gasteiger partial charge is 0.493 e. The van der Waals surface area contributed by atoms with E-state index in [0.29, 0.717) is 13.2 Å². The number of ether oxygens (including phenoxy) is 1. The Bertz CT molecular complexity index is 602. The van der Waals surface area contributed by atoms with Crippen molar-refractivity contribution in [2.45, 2.75) is 25.3 Å². The second-order valence-electron chi connectivity index (χ2n) is 5.47.